The second-order valence-corrected chi connectivity index (χ2v) is 8.82. The predicted molar refractivity (Wildman–Crippen MR) is 124 cm³/mol. The summed E-state index contributed by atoms with van der Waals surface area (Å²) in [5, 5.41) is 18.3. The number of ether oxygens (including phenoxy) is 2. The Balaban J connectivity index is 1.59. The molecule has 0 amide bonds. The maximum Gasteiger partial charge on any atom is 0.288 e. The minimum absolute atomic E-state index is 0.0758. The molecule has 2 aliphatic rings. The van der Waals surface area contributed by atoms with E-state index in [0.29, 0.717) is 12.0 Å². The smallest absolute Gasteiger partial charge is 0.288 e. The van der Waals surface area contributed by atoms with Crippen molar-refractivity contribution in [3.05, 3.63) is 97.0 Å². The van der Waals surface area contributed by atoms with Crippen LogP contribution in [0.1, 0.15) is 35.4 Å². The lowest BCUT2D eigenvalue weighted by atomic mass is 9.96. The second kappa shape index (κ2) is 8.11. The van der Waals surface area contributed by atoms with E-state index in [0.717, 1.165) is 32.8 Å². The molecule has 0 saturated carbocycles. The van der Waals surface area contributed by atoms with Gasteiger partial charge < -0.3 is 9.47 Å². The molecule has 0 saturated heterocycles. The van der Waals surface area contributed by atoms with Crippen LogP contribution in [0.2, 0.25) is 5.02 Å². The van der Waals surface area contributed by atoms with Crippen LogP contribution in [0.25, 0.3) is 0 Å². The van der Waals surface area contributed by atoms with E-state index in [-0.39, 0.29) is 16.8 Å². The minimum atomic E-state index is -0.625. The average molecular weight is 515 g/mol. The fraction of sp³-hybridized carbons (Fsp3) is 0.174. The Morgan fingerprint density at radius 1 is 1.19 bits per heavy atom. The minimum Gasteiger partial charge on any atom is -0.497 e. The van der Waals surface area contributed by atoms with Crippen LogP contribution in [-0.4, -0.2) is 22.8 Å². The van der Waals surface area contributed by atoms with E-state index in [2.05, 4.69) is 15.9 Å². The van der Waals surface area contributed by atoms with Crippen molar-refractivity contribution in [3.8, 4) is 11.5 Å². The van der Waals surface area contributed by atoms with Gasteiger partial charge in [-0.15, -0.1) is 0 Å². The summed E-state index contributed by atoms with van der Waals surface area (Å²) < 4.78 is 12.5. The Bertz CT molecular complexity index is 1250. The van der Waals surface area contributed by atoms with Gasteiger partial charge >= 0.3 is 0 Å². The maximum absolute atomic E-state index is 11.4. The highest BCUT2D eigenvalue weighted by Gasteiger charge is 2.41. The first-order chi connectivity index (χ1) is 15.4. The molecule has 162 valence electrons. The topological polar surface area (TPSA) is 77.2 Å². The largest absolute Gasteiger partial charge is 0.497 e. The molecule has 2 heterocycles. The number of nitrogens with zero attached hydrogens (tertiary/aromatic N) is 3. The number of nitro benzene ring substituents is 1. The fourth-order valence-electron chi connectivity index (χ4n) is 4.06. The predicted octanol–water partition coefficient (Wildman–Crippen LogP) is 6.26. The zero-order valence-corrected chi connectivity index (χ0v) is 19.2. The summed E-state index contributed by atoms with van der Waals surface area (Å²) in [6, 6.07) is 18.2. The van der Waals surface area contributed by atoms with Crippen molar-refractivity contribution in [2.45, 2.75) is 18.7 Å². The molecule has 0 N–H and O–H groups in total. The molecule has 3 aromatic carbocycles. The van der Waals surface area contributed by atoms with Crippen molar-refractivity contribution in [2.75, 3.05) is 7.11 Å². The third kappa shape index (κ3) is 3.59. The highest BCUT2D eigenvalue weighted by Crippen LogP contribution is 2.48. The fourth-order valence-corrected chi connectivity index (χ4v) is 4.62. The second-order valence-electron chi connectivity index (χ2n) is 7.50. The van der Waals surface area contributed by atoms with E-state index >= 15 is 0 Å². The summed E-state index contributed by atoms with van der Waals surface area (Å²) in [5.74, 6) is 1.50. The molecule has 3 aromatic rings. The number of fused-ring (bicyclic) bond motifs is 3. The van der Waals surface area contributed by atoms with E-state index in [1.807, 2.05) is 47.5 Å². The van der Waals surface area contributed by atoms with Crippen molar-refractivity contribution in [2.24, 2.45) is 5.10 Å². The van der Waals surface area contributed by atoms with Crippen molar-refractivity contribution >= 4 is 38.9 Å². The van der Waals surface area contributed by atoms with Crippen LogP contribution in [0, 0.1) is 10.1 Å². The third-order valence-electron chi connectivity index (χ3n) is 5.63. The zero-order valence-electron chi connectivity index (χ0n) is 16.9. The molecular weight excluding hydrogens is 498 g/mol. The standard InChI is InChI=1S/C23H17BrClN3O4/c1-31-16-6-2-13(3-7-16)19-12-20-17-11-15(24)5-9-22(17)32-23(27(20)26-19)14-4-8-18(25)21(10-14)28(29)30/h2-11,20,23H,12H2,1H3/t20-,23+/m1/s1. The van der Waals surface area contributed by atoms with Gasteiger partial charge in [0.15, 0.2) is 0 Å². The number of methoxy groups -OCH3 is 1. The maximum atomic E-state index is 11.4. The Hall–Kier alpha value is -3.10. The first-order valence-electron chi connectivity index (χ1n) is 9.85. The summed E-state index contributed by atoms with van der Waals surface area (Å²) in [4.78, 5) is 10.9. The Labute approximate surface area is 197 Å². The van der Waals surface area contributed by atoms with E-state index < -0.39 is 11.2 Å². The summed E-state index contributed by atoms with van der Waals surface area (Å²) >= 11 is 9.57. The van der Waals surface area contributed by atoms with Crippen molar-refractivity contribution in [3.63, 3.8) is 0 Å². The van der Waals surface area contributed by atoms with Crippen LogP contribution in [0.15, 0.2) is 70.2 Å². The highest BCUT2D eigenvalue weighted by atomic mass is 79.9. The first-order valence-corrected chi connectivity index (χ1v) is 11.0. The van der Waals surface area contributed by atoms with Crippen molar-refractivity contribution < 1.29 is 14.4 Å². The molecule has 0 radical (unpaired) electrons. The third-order valence-corrected chi connectivity index (χ3v) is 6.44. The molecule has 0 aromatic heterocycles. The first kappa shape index (κ1) is 20.8. The van der Waals surface area contributed by atoms with Gasteiger partial charge in [-0.25, -0.2) is 5.01 Å². The van der Waals surface area contributed by atoms with Gasteiger partial charge in [0.05, 0.1) is 23.8 Å². The molecule has 2 atom stereocenters. The number of halogens is 2. The quantitative estimate of drug-likeness (QED) is 0.303. The number of nitro groups is 1. The van der Waals surface area contributed by atoms with E-state index in [9.17, 15) is 10.1 Å². The van der Waals surface area contributed by atoms with Gasteiger partial charge in [-0.2, -0.15) is 5.10 Å². The van der Waals surface area contributed by atoms with Crippen molar-refractivity contribution in [1.29, 1.82) is 0 Å². The van der Waals surface area contributed by atoms with E-state index in [4.69, 9.17) is 26.2 Å². The molecule has 0 spiro atoms. The monoisotopic (exact) mass is 513 g/mol. The van der Waals surface area contributed by atoms with Crippen LogP contribution >= 0.6 is 27.5 Å². The van der Waals surface area contributed by atoms with E-state index in [1.54, 1.807) is 13.2 Å². The molecule has 32 heavy (non-hydrogen) atoms. The molecule has 0 unspecified atom stereocenters. The van der Waals surface area contributed by atoms with Crippen LogP contribution in [0.5, 0.6) is 11.5 Å². The van der Waals surface area contributed by atoms with Gasteiger partial charge in [0.25, 0.3) is 5.69 Å². The molecule has 2 aliphatic heterocycles. The number of hydrogen-bond acceptors (Lipinski definition) is 6. The number of hydrogen-bond donors (Lipinski definition) is 0. The SMILES string of the molecule is COc1ccc(C2=NN3[C@H](C2)c2cc(Br)ccc2O[C@H]3c2ccc(Cl)c([N+](=O)[O-])c2)cc1. The number of hydrazone groups is 1. The highest BCUT2D eigenvalue weighted by molar-refractivity contribution is 9.10. The number of benzene rings is 3. The van der Waals surface area contributed by atoms with Crippen LogP contribution in [0.3, 0.4) is 0 Å². The summed E-state index contributed by atoms with van der Waals surface area (Å²) in [6.07, 6.45) is 0.0473. The molecule has 9 heteroatoms. The average Bonchev–Trinajstić information content (AvgIpc) is 3.25. The van der Waals surface area contributed by atoms with E-state index in [1.165, 1.54) is 12.1 Å². The molecular formula is C23H17BrClN3O4. The number of rotatable bonds is 4. The summed E-state index contributed by atoms with van der Waals surface area (Å²) in [6.45, 7) is 0. The summed E-state index contributed by atoms with van der Waals surface area (Å²) in [5.41, 5.74) is 3.34. The van der Waals surface area contributed by atoms with Gasteiger partial charge in [-0.05, 0) is 54.1 Å². The van der Waals surface area contributed by atoms with Gasteiger partial charge in [0.1, 0.15) is 16.5 Å². The lowest BCUT2D eigenvalue weighted by Gasteiger charge is -2.38. The van der Waals surface area contributed by atoms with Crippen LogP contribution in [0.4, 0.5) is 5.69 Å². The molecule has 7 nitrogen and oxygen atoms in total. The normalized spacial score (nSPS) is 19.0. The Morgan fingerprint density at radius 2 is 1.97 bits per heavy atom. The van der Waals surface area contributed by atoms with Gasteiger partial charge in [0.2, 0.25) is 6.23 Å². The Kier molecular flexibility index (Phi) is 5.27. The lowest BCUT2D eigenvalue weighted by molar-refractivity contribution is -0.384. The van der Waals surface area contributed by atoms with Crippen LogP contribution in [-0.2, 0) is 0 Å². The molecule has 0 bridgehead atoms. The molecule has 0 fully saturated rings. The molecule has 0 aliphatic carbocycles. The van der Waals surface area contributed by atoms with Gasteiger partial charge in [-0.1, -0.05) is 33.6 Å². The molecule has 5 rings (SSSR count). The Morgan fingerprint density at radius 3 is 2.69 bits per heavy atom. The van der Waals surface area contributed by atoms with Gasteiger partial charge in [0, 0.05) is 28.1 Å². The lowest BCUT2D eigenvalue weighted by Crippen LogP contribution is -2.33. The van der Waals surface area contributed by atoms with Crippen molar-refractivity contribution in [1.82, 2.24) is 5.01 Å². The van der Waals surface area contributed by atoms with Crippen LogP contribution < -0.4 is 9.47 Å². The summed E-state index contributed by atoms with van der Waals surface area (Å²) in [7, 11) is 1.63. The van der Waals surface area contributed by atoms with Gasteiger partial charge in [-0.3, -0.25) is 10.1 Å². The zero-order chi connectivity index (χ0) is 22.4.